The Morgan fingerprint density at radius 1 is 1.04 bits per heavy atom. The Labute approximate surface area is 148 Å². The molecular weight excluding hydrogens is 316 g/mol. The van der Waals surface area contributed by atoms with Gasteiger partial charge < -0.3 is 14.9 Å². The van der Waals surface area contributed by atoms with Crippen molar-refractivity contribution in [2.24, 2.45) is 11.8 Å². The van der Waals surface area contributed by atoms with Gasteiger partial charge in [-0.05, 0) is 37.8 Å². The molecule has 25 heavy (non-hydrogen) atoms. The van der Waals surface area contributed by atoms with Crippen molar-refractivity contribution in [1.82, 2.24) is 4.90 Å². The standard InChI is InChI=1S/C20H26N2O3/c1-13-10-14-6-2-5-9-18(14)22(13)20(25)17-8-4-3-7-16(17)19(24)21-11-15(23)12-21/h2,5-6,9,13,15-17,23H,3-4,7-8,10-12H2,1H3. The Morgan fingerprint density at radius 2 is 1.68 bits per heavy atom. The molecule has 1 aliphatic carbocycles. The van der Waals surface area contributed by atoms with E-state index in [0.717, 1.165) is 37.8 Å². The number of hydrogen-bond acceptors (Lipinski definition) is 3. The van der Waals surface area contributed by atoms with Gasteiger partial charge in [0.1, 0.15) is 0 Å². The molecule has 3 unspecified atom stereocenters. The number of anilines is 1. The Balaban J connectivity index is 1.56. The molecule has 1 aromatic carbocycles. The van der Waals surface area contributed by atoms with Crippen molar-refractivity contribution >= 4 is 17.5 Å². The second-order valence-electron chi connectivity index (χ2n) is 7.78. The van der Waals surface area contributed by atoms with Crippen LogP contribution in [0.1, 0.15) is 38.2 Å². The topological polar surface area (TPSA) is 60.9 Å². The van der Waals surface area contributed by atoms with Gasteiger partial charge in [-0.15, -0.1) is 0 Å². The van der Waals surface area contributed by atoms with Gasteiger partial charge in [0.15, 0.2) is 0 Å². The van der Waals surface area contributed by atoms with E-state index in [1.807, 2.05) is 23.1 Å². The van der Waals surface area contributed by atoms with E-state index in [4.69, 9.17) is 0 Å². The van der Waals surface area contributed by atoms with Crippen LogP contribution in [0, 0.1) is 11.8 Å². The zero-order valence-electron chi connectivity index (χ0n) is 14.7. The van der Waals surface area contributed by atoms with Gasteiger partial charge in [-0.3, -0.25) is 9.59 Å². The second-order valence-corrected chi connectivity index (χ2v) is 7.78. The molecule has 1 saturated carbocycles. The van der Waals surface area contributed by atoms with E-state index < -0.39 is 6.10 Å². The molecule has 2 amide bonds. The molecule has 1 N–H and O–H groups in total. The molecule has 3 aliphatic rings. The highest BCUT2D eigenvalue weighted by molar-refractivity contribution is 6.00. The van der Waals surface area contributed by atoms with Crippen LogP contribution in [-0.2, 0) is 16.0 Å². The summed E-state index contributed by atoms with van der Waals surface area (Å²) in [5, 5.41) is 9.49. The summed E-state index contributed by atoms with van der Waals surface area (Å²) >= 11 is 0. The number of carbonyl (C=O) groups is 2. The Hall–Kier alpha value is -1.88. The van der Waals surface area contributed by atoms with Gasteiger partial charge in [0.2, 0.25) is 11.8 Å². The maximum absolute atomic E-state index is 13.4. The molecule has 0 radical (unpaired) electrons. The lowest BCUT2D eigenvalue weighted by Gasteiger charge is -2.41. The normalized spacial score (nSPS) is 29.3. The zero-order valence-corrected chi connectivity index (χ0v) is 14.7. The van der Waals surface area contributed by atoms with Gasteiger partial charge >= 0.3 is 0 Å². The fraction of sp³-hybridized carbons (Fsp3) is 0.600. The predicted molar refractivity (Wildman–Crippen MR) is 95.1 cm³/mol. The zero-order chi connectivity index (χ0) is 17.6. The minimum Gasteiger partial charge on any atom is -0.389 e. The Kier molecular flexibility index (Phi) is 4.28. The van der Waals surface area contributed by atoms with Crippen molar-refractivity contribution < 1.29 is 14.7 Å². The predicted octanol–water partition coefficient (Wildman–Crippen LogP) is 1.97. The first kappa shape index (κ1) is 16.6. The van der Waals surface area contributed by atoms with Crippen LogP contribution in [0.2, 0.25) is 0 Å². The van der Waals surface area contributed by atoms with Crippen molar-refractivity contribution in [3.8, 4) is 0 Å². The molecule has 1 saturated heterocycles. The third-order valence-corrected chi connectivity index (χ3v) is 6.02. The smallest absolute Gasteiger partial charge is 0.231 e. The van der Waals surface area contributed by atoms with Crippen molar-refractivity contribution in [1.29, 1.82) is 0 Å². The number of fused-ring (bicyclic) bond motifs is 1. The van der Waals surface area contributed by atoms with Gasteiger partial charge in [0, 0.05) is 30.7 Å². The lowest BCUT2D eigenvalue weighted by molar-refractivity contribution is -0.151. The highest BCUT2D eigenvalue weighted by atomic mass is 16.3. The molecule has 134 valence electrons. The molecule has 3 atom stereocenters. The summed E-state index contributed by atoms with van der Waals surface area (Å²) in [6, 6.07) is 8.24. The number of amides is 2. The van der Waals surface area contributed by atoms with Crippen LogP contribution in [-0.4, -0.2) is 47.1 Å². The van der Waals surface area contributed by atoms with Crippen molar-refractivity contribution in [2.75, 3.05) is 18.0 Å². The maximum Gasteiger partial charge on any atom is 0.231 e. The maximum atomic E-state index is 13.4. The summed E-state index contributed by atoms with van der Waals surface area (Å²) in [7, 11) is 0. The monoisotopic (exact) mass is 342 g/mol. The average Bonchev–Trinajstić information content (AvgIpc) is 2.93. The minimum atomic E-state index is -0.396. The summed E-state index contributed by atoms with van der Waals surface area (Å²) in [5.41, 5.74) is 2.23. The number of para-hydroxylation sites is 1. The highest BCUT2D eigenvalue weighted by Gasteiger charge is 2.44. The molecule has 4 rings (SSSR count). The number of β-amino-alcohol motifs (C(OH)–C–C–N with tert-alkyl or cyclic N) is 1. The number of benzene rings is 1. The molecule has 2 aliphatic heterocycles. The first-order valence-corrected chi connectivity index (χ1v) is 9.44. The molecule has 2 fully saturated rings. The molecule has 0 aromatic heterocycles. The number of carbonyl (C=O) groups excluding carboxylic acids is 2. The van der Waals surface area contributed by atoms with E-state index in [-0.39, 0.29) is 29.7 Å². The van der Waals surface area contributed by atoms with Crippen LogP contribution >= 0.6 is 0 Å². The Morgan fingerprint density at radius 3 is 2.36 bits per heavy atom. The first-order valence-electron chi connectivity index (χ1n) is 9.44. The third-order valence-electron chi connectivity index (χ3n) is 6.02. The van der Waals surface area contributed by atoms with Crippen LogP contribution in [0.25, 0.3) is 0 Å². The largest absolute Gasteiger partial charge is 0.389 e. The molecule has 5 nitrogen and oxygen atoms in total. The summed E-state index contributed by atoms with van der Waals surface area (Å²) in [5.74, 6) is -0.290. The number of nitrogens with zero attached hydrogens (tertiary/aromatic N) is 2. The van der Waals surface area contributed by atoms with Crippen LogP contribution in [0.4, 0.5) is 5.69 Å². The van der Waals surface area contributed by atoms with Gasteiger partial charge in [-0.25, -0.2) is 0 Å². The van der Waals surface area contributed by atoms with Crippen LogP contribution < -0.4 is 4.90 Å². The fourth-order valence-electron chi connectivity index (χ4n) is 4.67. The van der Waals surface area contributed by atoms with Crippen LogP contribution in [0.15, 0.2) is 24.3 Å². The van der Waals surface area contributed by atoms with E-state index in [1.54, 1.807) is 4.90 Å². The van der Waals surface area contributed by atoms with E-state index in [1.165, 1.54) is 5.56 Å². The molecule has 1 aromatic rings. The molecule has 0 bridgehead atoms. The SMILES string of the molecule is CC1Cc2ccccc2N1C(=O)C1CCCCC1C(=O)N1CC(O)C1. The molecular formula is C20H26N2O3. The average molecular weight is 342 g/mol. The molecule has 2 heterocycles. The van der Waals surface area contributed by atoms with Crippen molar-refractivity contribution in [3.05, 3.63) is 29.8 Å². The summed E-state index contributed by atoms with van der Waals surface area (Å²) in [4.78, 5) is 29.9. The summed E-state index contributed by atoms with van der Waals surface area (Å²) in [6.07, 6.45) is 4.07. The number of likely N-dealkylation sites (tertiary alicyclic amines) is 1. The molecule has 5 heteroatoms. The van der Waals surface area contributed by atoms with Crippen LogP contribution in [0.3, 0.4) is 0 Å². The minimum absolute atomic E-state index is 0.0588. The number of aliphatic hydroxyl groups excluding tert-OH is 1. The van der Waals surface area contributed by atoms with E-state index in [2.05, 4.69) is 13.0 Å². The van der Waals surface area contributed by atoms with E-state index in [9.17, 15) is 14.7 Å². The quantitative estimate of drug-likeness (QED) is 0.894. The van der Waals surface area contributed by atoms with Crippen molar-refractivity contribution in [2.45, 2.75) is 51.2 Å². The van der Waals surface area contributed by atoms with E-state index >= 15 is 0 Å². The number of rotatable bonds is 2. The third kappa shape index (κ3) is 2.84. The lowest BCUT2D eigenvalue weighted by atomic mass is 9.77. The lowest BCUT2D eigenvalue weighted by Crippen LogP contribution is -2.57. The van der Waals surface area contributed by atoms with Gasteiger partial charge in [-0.2, -0.15) is 0 Å². The van der Waals surface area contributed by atoms with Gasteiger partial charge in [-0.1, -0.05) is 31.0 Å². The summed E-state index contributed by atoms with van der Waals surface area (Å²) < 4.78 is 0. The van der Waals surface area contributed by atoms with Crippen molar-refractivity contribution in [3.63, 3.8) is 0 Å². The molecule has 0 spiro atoms. The first-order chi connectivity index (χ1) is 12.1. The highest BCUT2D eigenvalue weighted by Crippen LogP contribution is 2.38. The van der Waals surface area contributed by atoms with E-state index in [0.29, 0.717) is 13.1 Å². The summed E-state index contributed by atoms with van der Waals surface area (Å²) in [6.45, 7) is 2.92. The van der Waals surface area contributed by atoms with Gasteiger partial charge in [0.25, 0.3) is 0 Å². The Bertz CT molecular complexity index is 683. The second kappa shape index (κ2) is 6.45. The van der Waals surface area contributed by atoms with Crippen LogP contribution in [0.5, 0.6) is 0 Å². The fourth-order valence-corrected chi connectivity index (χ4v) is 4.67. The number of aliphatic hydroxyl groups is 1. The van der Waals surface area contributed by atoms with Gasteiger partial charge in [0.05, 0.1) is 12.0 Å². The number of hydrogen-bond donors (Lipinski definition) is 1.